The minimum Gasteiger partial charge on any atom is -0.489 e. The molecule has 2 aliphatic rings. The molecule has 0 bridgehead atoms. The minimum absolute atomic E-state index is 0.0157. The molecule has 2 heterocycles. The van der Waals surface area contributed by atoms with Gasteiger partial charge >= 0.3 is 0 Å². The number of thioether (sulfide) groups is 1. The molecule has 2 atom stereocenters. The lowest BCUT2D eigenvalue weighted by Crippen LogP contribution is -2.43. The third-order valence-corrected chi connectivity index (χ3v) is 7.24. The highest BCUT2D eigenvalue weighted by Crippen LogP contribution is 2.26. The summed E-state index contributed by atoms with van der Waals surface area (Å²) in [5.41, 5.74) is 6.42. The van der Waals surface area contributed by atoms with Crippen molar-refractivity contribution in [1.29, 1.82) is 0 Å². The lowest BCUT2D eigenvalue weighted by atomic mass is 9.95. The fourth-order valence-electron chi connectivity index (χ4n) is 4.58. The first kappa shape index (κ1) is 27.5. The molecule has 1 aromatic heterocycles. The SMILES string of the molecule is CCC(NC(=O)C1=CC=C(OCc2cc(C)nc3c2CCCN3)C=CC1)C(CC)/C(=N/NC=O)SC. The molecule has 0 fully saturated rings. The summed E-state index contributed by atoms with van der Waals surface area (Å²) in [6, 6.07) is 2.00. The van der Waals surface area contributed by atoms with Crippen molar-refractivity contribution in [3.8, 4) is 0 Å². The van der Waals surface area contributed by atoms with E-state index in [1.807, 2.05) is 44.4 Å². The zero-order chi connectivity index (χ0) is 25.9. The van der Waals surface area contributed by atoms with E-state index in [1.165, 1.54) is 17.3 Å². The van der Waals surface area contributed by atoms with Crippen LogP contribution in [0.4, 0.5) is 5.82 Å². The predicted octanol–water partition coefficient (Wildman–Crippen LogP) is 4.38. The lowest BCUT2D eigenvalue weighted by molar-refractivity contribution is -0.118. The highest BCUT2D eigenvalue weighted by molar-refractivity contribution is 8.13. The summed E-state index contributed by atoms with van der Waals surface area (Å²) in [6.07, 6.45) is 14.2. The van der Waals surface area contributed by atoms with Gasteiger partial charge in [0.1, 0.15) is 18.2 Å². The number of fused-ring (bicyclic) bond motifs is 1. The fraction of sp³-hybridized carbons (Fsp3) is 0.481. The first-order valence-corrected chi connectivity index (χ1v) is 13.8. The van der Waals surface area contributed by atoms with Crippen molar-refractivity contribution < 1.29 is 14.3 Å². The van der Waals surface area contributed by atoms with Gasteiger partial charge in [0.15, 0.2) is 0 Å². The standard InChI is InChI=1S/C27H37N5O3S/c1-5-22(27(36-4)32-29-17-33)24(6-2)31-26(34)19-9-7-10-21(13-12-19)35-16-20-15-18(3)30-25-23(20)11-8-14-28-25/h7,10,12-13,15,17,22,24H,5-6,8-9,11,14,16H2,1-4H3,(H,28,30)(H,29,33)(H,31,34)/b32-27-. The molecule has 0 radical (unpaired) electrons. The summed E-state index contributed by atoms with van der Waals surface area (Å²) in [6.45, 7) is 7.51. The van der Waals surface area contributed by atoms with Gasteiger partial charge in [0, 0.05) is 35.3 Å². The molecule has 2 unspecified atom stereocenters. The number of nitrogens with zero attached hydrogens (tertiary/aromatic N) is 2. The zero-order valence-corrected chi connectivity index (χ0v) is 22.4. The Hall–Kier alpha value is -3.07. The topological polar surface area (TPSA) is 105 Å². The number of hydrazone groups is 1. The number of nitrogens with one attached hydrogen (secondary N) is 3. The average molecular weight is 512 g/mol. The van der Waals surface area contributed by atoms with E-state index < -0.39 is 0 Å². The third kappa shape index (κ3) is 7.22. The Morgan fingerprint density at radius 3 is 2.89 bits per heavy atom. The molecule has 0 spiro atoms. The number of carbonyl (C=O) groups excluding carboxylic acids is 2. The Morgan fingerprint density at radius 2 is 2.17 bits per heavy atom. The summed E-state index contributed by atoms with van der Waals surface area (Å²) < 4.78 is 6.13. The van der Waals surface area contributed by atoms with Crippen LogP contribution in [-0.2, 0) is 27.4 Å². The van der Waals surface area contributed by atoms with Crippen molar-refractivity contribution in [3.05, 3.63) is 58.5 Å². The number of hydrogen-bond acceptors (Lipinski definition) is 7. The van der Waals surface area contributed by atoms with E-state index in [1.54, 1.807) is 0 Å². The fourth-order valence-corrected chi connectivity index (χ4v) is 5.35. The first-order valence-electron chi connectivity index (χ1n) is 12.6. The number of amides is 2. The number of rotatable bonds is 11. The highest BCUT2D eigenvalue weighted by atomic mass is 32.2. The molecule has 0 aromatic carbocycles. The number of aryl methyl sites for hydroxylation is 1. The summed E-state index contributed by atoms with van der Waals surface area (Å²) in [5, 5.41) is 11.5. The maximum atomic E-state index is 13.1. The lowest BCUT2D eigenvalue weighted by Gasteiger charge is -2.27. The van der Waals surface area contributed by atoms with Crippen molar-refractivity contribution in [2.45, 2.75) is 65.5 Å². The number of carbonyl (C=O) groups is 2. The number of hydrogen-bond donors (Lipinski definition) is 3. The van der Waals surface area contributed by atoms with E-state index in [2.05, 4.69) is 39.1 Å². The van der Waals surface area contributed by atoms with Crippen molar-refractivity contribution in [1.82, 2.24) is 15.7 Å². The Balaban J connectivity index is 1.67. The normalized spacial score (nSPS) is 16.9. The van der Waals surface area contributed by atoms with E-state index in [0.29, 0.717) is 25.0 Å². The summed E-state index contributed by atoms with van der Waals surface area (Å²) in [7, 11) is 0. The summed E-state index contributed by atoms with van der Waals surface area (Å²) >= 11 is 1.48. The number of allylic oxidation sites excluding steroid dienone is 4. The number of pyridine rings is 1. The van der Waals surface area contributed by atoms with Crippen molar-refractivity contribution in [2.24, 2.45) is 11.0 Å². The molecule has 1 aliphatic heterocycles. The molecule has 194 valence electrons. The summed E-state index contributed by atoms with van der Waals surface area (Å²) in [5.74, 6) is 1.61. The van der Waals surface area contributed by atoms with Crippen LogP contribution < -0.4 is 16.1 Å². The second-order valence-electron chi connectivity index (χ2n) is 8.84. The number of anilines is 1. The van der Waals surface area contributed by atoms with Gasteiger partial charge in [-0.3, -0.25) is 9.59 Å². The molecule has 2 amide bonds. The first-order chi connectivity index (χ1) is 17.5. The van der Waals surface area contributed by atoms with Crippen molar-refractivity contribution in [3.63, 3.8) is 0 Å². The Morgan fingerprint density at radius 1 is 1.33 bits per heavy atom. The van der Waals surface area contributed by atoms with Crippen LogP contribution in [0.5, 0.6) is 0 Å². The van der Waals surface area contributed by atoms with Crippen LogP contribution >= 0.6 is 11.8 Å². The third-order valence-electron chi connectivity index (χ3n) is 6.43. The smallest absolute Gasteiger partial charge is 0.247 e. The van der Waals surface area contributed by atoms with E-state index in [0.717, 1.165) is 60.1 Å². The van der Waals surface area contributed by atoms with Crippen LogP contribution in [0.15, 0.2) is 46.8 Å². The van der Waals surface area contributed by atoms with Gasteiger partial charge in [-0.2, -0.15) is 5.10 Å². The van der Waals surface area contributed by atoms with Crippen LogP contribution in [0.3, 0.4) is 0 Å². The van der Waals surface area contributed by atoms with Gasteiger partial charge in [-0.25, -0.2) is 10.4 Å². The van der Waals surface area contributed by atoms with Crippen molar-refractivity contribution >= 4 is 34.9 Å². The maximum absolute atomic E-state index is 13.1. The van der Waals surface area contributed by atoms with Crippen LogP contribution in [0.25, 0.3) is 0 Å². The van der Waals surface area contributed by atoms with Gasteiger partial charge < -0.3 is 15.4 Å². The Kier molecular flexibility index (Phi) is 10.6. The van der Waals surface area contributed by atoms with Gasteiger partial charge in [0.2, 0.25) is 12.3 Å². The van der Waals surface area contributed by atoms with E-state index >= 15 is 0 Å². The van der Waals surface area contributed by atoms with Crippen LogP contribution in [0, 0.1) is 12.8 Å². The minimum atomic E-state index is -0.101. The molecule has 1 aromatic rings. The van der Waals surface area contributed by atoms with E-state index in [4.69, 9.17) is 4.74 Å². The largest absolute Gasteiger partial charge is 0.489 e. The molecule has 8 nitrogen and oxygen atoms in total. The van der Waals surface area contributed by atoms with Gasteiger partial charge in [0.25, 0.3) is 0 Å². The van der Waals surface area contributed by atoms with Crippen LogP contribution in [0.1, 0.15) is 56.4 Å². The Labute approximate surface area is 218 Å². The number of ether oxygens (including phenoxy) is 1. The molecular formula is C27H37N5O3S. The second-order valence-corrected chi connectivity index (χ2v) is 9.67. The van der Waals surface area contributed by atoms with Crippen LogP contribution in [0.2, 0.25) is 0 Å². The van der Waals surface area contributed by atoms with Gasteiger partial charge in [-0.1, -0.05) is 19.9 Å². The molecule has 36 heavy (non-hydrogen) atoms. The molecular weight excluding hydrogens is 474 g/mol. The molecule has 1 aliphatic carbocycles. The molecule has 9 heteroatoms. The predicted molar refractivity (Wildman–Crippen MR) is 147 cm³/mol. The quantitative estimate of drug-likeness (QED) is 0.176. The van der Waals surface area contributed by atoms with Crippen LogP contribution in [-0.4, -0.2) is 41.2 Å². The van der Waals surface area contributed by atoms with Gasteiger partial charge in [-0.05, 0) is 75.1 Å². The average Bonchev–Trinajstić information content (AvgIpc) is 3.14. The molecule has 3 N–H and O–H groups in total. The van der Waals surface area contributed by atoms with Crippen molar-refractivity contribution in [2.75, 3.05) is 18.1 Å². The van der Waals surface area contributed by atoms with E-state index in [9.17, 15) is 9.59 Å². The number of aromatic nitrogens is 1. The highest BCUT2D eigenvalue weighted by Gasteiger charge is 2.26. The molecule has 3 rings (SSSR count). The zero-order valence-electron chi connectivity index (χ0n) is 21.6. The second kappa shape index (κ2) is 13.9. The monoisotopic (exact) mass is 511 g/mol. The van der Waals surface area contributed by atoms with Gasteiger partial charge in [0.05, 0.1) is 5.04 Å². The Bertz CT molecular complexity index is 1060. The van der Waals surface area contributed by atoms with Gasteiger partial charge in [-0.15, -0.1) is 11.8 Å². The molecule has 0 saturated carbocycles. The van der Waals surface area contributed by atoms with E-state index in [-0.39, 0.29) is 17.9 Å². The molecule has 0 saturated heterocycles. The summed E-state index contributed by atoms with van der Waals surface area (Å²) in [4.78, 5) is 28.4. The maximum Gasteiger partial charge on any atom is 0.247 e.